The van der Waals surface area contributed by atoms with Crippen LogP contribution in [-0.2, 0) is 5.41 Å². The molecular weight excluding hydrogens is 342 g/mol. The molecule has 1 aliphatic heterocycles. The Bertz CT molecular complexity index is 745. The Kier molecular flexibility index (Phi) is 6.05. The Morgan fingerprint density at radius 3 is 2.73 bits per heavy atom. The van der Waals surface area contributed by atoms with Gasteiger partial charge in [-0.2, -0.15) is 0 Å². The highest BCUT2D eigenvalue weighted by Crippen LogP contribution is 2.47. The van der Waals surface area contributed by atoms with Crippen LogP contribution in [0.2, 0.25) is 0 Å². The average Bonchev–Trinajstić information content (AvgIpc) is 2.65. The monoisotopic (exact) mass is 369 g/mol. The maximum atomic E-state index is 9.89. The summed E-state index contributed by atoms with van der Waals surface area (Å²) in [6, 6.07) is 19.2. The smallest absolute Gasteiger partial charge is 0.115 e. The largest absolute Gasteiger partial charge is 0.508 e. The van der Waals surface area contributed by atoms with E-state index in [1.165, 1.54) is 43.2 Å². The van der Waals surface area contributed by atoms with Gasteiger partial charge in [-0.25, -0.2) is 0 Å². The van der Waals surface area contributed by atoms with Crippen LogP contribution in [-0.4, -0.2) is 29.1 Å². The molecule has 0 spiro atoms. The zero-order valence-electron chi connectivity index (χ0n) is 15.2. The first kappa shape index (κ1) is 19.0. The first-order valence-corrected chi connectivity index (χ1v) is 9.50. The summed E-state index contributed by atoms with van der Waals surface area (Å²) in [7, 11) is 0. The Morgan fingerprint density at radius 1 is 1.08 bits per heavy atom. The van der Waals surface area contributed by atoms with Crippen molar-refractivity contribution in [2.24, 2.45) is 0 Å². The van der Waals surface area contributed by atoms with Gasteiger partial charge in [0.25, 0.3) is 0 Å². The summed E-state index contributed by atoms with van der Waals surface area (Å²) in [5, 5.41) is 9.89. The fourth-order valence-electron chi connectivity index (χ4n) is 4.78. The maximum absolute atomic E-state index is 9.89. The Balaban J connectivity index is 0.00000196. The summed E-state index contributed by atoms with van der Waals surface area (Å²) in [6.45, 7) is 2.19. The maximum Gasteiger partial charge on any atom is 0.115 e. The van der Waals surface area contributed by atoms with Crippen LogP contribution in [0.3, 0.4) is 0 Å². The van der Waals surface area contributed by atoms with Crippen molar-refractivity contribution in [3.05, 3.63) is 71.8 Å². The van der Waals surface area contributed by atoms with E-state index in [4.69, 9.17) is 0 Å². The van der Waals surface area contributed by atoms with Crippen LogP contribution >= 0.6 is 12.4 Å². The number of hydrogen-bond acceptors (Lipinski definition) is 2. The summed E-state index contributed by atoms with van der Waals surface area (Å²) in [5.41, 5.74) is 2.90. The first-order chi connectivity index (χ1) is 12.3. The second-order valence-corrected chi connectivity index (χ2v) is 7.64. The molecule has 26 heavy (non-hydrogen) atoms. The standard InChI is InChI=1S/C23H27NO.ClH/c25-22-12-4-10-20(17-22)23-13-5-11-21(18-23)24(16-14-23)15-6-9-19-7-2-1-3-8-19;/h1-4,6-10,12,17,21,25H,5,11,13-16,18H2;1H/b9-6-;/t21-,23+;/m0./s1. The van der Waals surface area contributed by atoms with Crippen molar-refractivity contribution in [2.75, 3.05) is 13.1 Å². The quantitative estimate of drug-likeness (QED) is 0.778. The highest BCUT2D eigenvalue weighted by atomic mass is 35.5. The molecular formula is C23H28ClNO. The Morgan fingerprint density at radius 2 is 1.92 bits per heavy atom. The minimum Gasteiger partial charge on any atom is -0.508 e. The molecule has 2 fully saturated rings. The second kappa shape index (κ2) is 8.28. The molecule has 1 saturated heterocycles. The van der Waals surface area contributed by atoms with E-state index in [1.54, 1.807) is 6.07 Å². The number of piperidine rings is 1. The molecule has 1 aliphatic carbocycles. The second-order valence-electron chi connectivity index (χ2n) is 7.64. The van der Waals surface area contributed by atoms with Gasteiger partial charge >= 0.3 is 0 Å². The molecule has 0 radical (unpaired) electrons. The molecule has 138 valence electrons. The number of aromatic hydroxyl groups is 1. The van der Waals surface area contributed by atoms with E-state index in [1.807, 2.05) is 12.1 Å². The molecule has 1 N–H and O–H groups in total. The van der Waals surface area contributed by atoms with Crippen molar-refractivity contribution in [1.29, 1.82) is 0 Å². The van der Waals surface area contributed by atoms with Crippen molar-refractivity contribution < 1.29 is 5.11 Å². The van der Waals surface area contributed by atoms with Gasteiger partial charge in [-0.15, -0.1) is 12.4 Å². The van der Waals surface area contributed by atoms with Gasteiger partial charge < -0.3 is 5.11 Å². The van der Waals surface area contributed by atoms with E-state index in [0.29, 0.717) is 11.8 Å². The lowest BCUT2D eigenvalue weighted by molar-refractivity contribution is 0.0606. The van der Waals surface area contributed by atoms with Crippen molar-refractivity contribution in [3.63, 3.8) is 0 Å². The molecule has 2 bridgehead atoms. The number of hydrogen-bond donors (Lipinski definition) is 1. The number of phenols is 1. The molecule has 3 heteroatoms. The highest BCUT2D eigenvalue weighted by Gasteiger charge is 2.43. The van der Waals surface area contributed by atoms with Crippen molar-refractivity contribution >= 4 is 18.5 Å². The van der Waals surface area contributed by atoms with Gasteiger partial charge in [0.2, 0.25) is 0 Å². The summed E-state index contributed by atoms with van der Waals surface area (Å²) in [6.07, 6.45) is 10.8. The summed E-state index contributed by atoms with van der Waals surface area (Å²) in [4.78, 5) is 2.65. The zero-order valence-corrected chi connectivity index (χ0v) is 16.0. The number of likely N-dealkylation sites (tertiary alicyclic amines) is 1. The van der Waals surface area contributed by atoms with Crippen LogP contribution in [0.4, 0.5) is 0 Å². The fourth-order valence-corrected chi connectivity index (χ4v) is 4.78. The molecule has 4 rings (SSSR count). The number of benzene rings is 2. The number of halogens is 1. The summed E-state index contributed by atoms with van der Waals surface area (Å²) < 4.78 is 0. The molecule has 2 aliphatic rings. The van der Waals surface area contributed by atoms with E-state index in [9.17, 15) is 5.11 Å². The number of nitrogens with zero attached hydrogens (tertiary/aromatic N) is 1. The van der Waals surface area contributed by atoms with Crippen molar-refractivity contribution in [3.8, 4) is 5.75 Å². The highest BCUT2D eigenvalue weighted by molar-refractivity contribution is 5.85. The molecule has 1 saturated carbocycles. The van der Waals surface area contributed by atoms with E-state index in [2.05, 4.69) is 53.5 Å². The van der Waals surface area contributed by atoms with E-state index in [0.717, 1.165) is 13.1 Å². The lowest BCUT2D eigenvalue weighted by Crippen LogP contribution is -2.51. The van der Waals surface area contributed by atoms with Crippen LogP contribution in [0.5, 0.6) is 5.75 Å². The van der Waals surface area contributed by atoms with E-state index < -0.39 is 0 Å². The Labute approximate surface area is 163 Å². The molecule has 2 atom stereocenters. The van der Waals surface area contributed by atoms with Crippen LogP contribution in [0, 0.1) is 0 Å². The molecule has 0 aromatic heterocycles. The molecule has 0 unspecified atom stereocenters. The average molecular weight is 370 g/mol. The zero-order chi connectivity index (χ0) is 17.1. The molecule has 2 nitrogen and oxygen atoms in total. The minimum atomic E-state index is 0. The number of phenolic OH excluding ortho intramolecular Hbond substituents is 1. The summed E-state index contributed by atoms with van der Waals surface area (Å²) >= 11 is 0. The van der Waals surface area contributed by atoms with Gasteiger partial charge in [0.15, 0.2) is 0 Å². The van der Waals surface area contributed by atoms with Gasteiger partial charge in [0, 0.05) is 12.6 Å². The predicted molar refractivity (Wildman–Crippen MR) is 111 cm³/mol. The van der Waals surface area contributed by atoms with Crippen molar-refractivity contribution in [2.45, 2.75) is 43.6 Å². The fraction of sp³-hybridized carbons (Fsp3) is 0.391. The molecule has 2 aromatic rings. The normalized spacial score (nSPS) is 25.8. The summed E-state index contributed by atoms with van der Waals surface area (Å²) in [5.74, 6) is 0.405. The third kappa shape index (κ3) is 3.97. The minimum absolute atomic E-state index is 0. The molecule has 1 heterocycles. The van der Waals surface area contributed by atoms with Crippen LogP contribution in [0.15, 0.2) is 60.7 Å². The predicted octanol–water partition coefficient (Wildman–Crippen LogP) is 5.41. The third-order valence-corrected chi connectivity index (χ3v) is 6.12. The van der Waals surface area contributed by atoms with Crippen LogP contribution < -0.4 is 0 Å². The lowest BCUT2D eigenvalue weighted by atomic mass is 9.63. The third-order valence-electron chi connectivity index (χ3n) is 6.12. The Hall–Kier alpha value is -1.77. The van der Waals surface area contributed by atoms with E-state index in [-0.39, 0.29) is 17.8 Å². The van der Waals surface area contributed by atoms with E-state index >= 15 is 0 Å². The van der Waals surface area contributed by atoms with Gasteiger partial charge in [-0.3, -0.25) is 4.90 Å². The van der Waals surface area contributed by atoms with Crippen molar-refractivity contribution in [1.82, 2.24) is 4.90 Å². The van der Waals surface area contributed by atoms with Gasteiger partial charge in [-0.05, 0) is 60.9 Å². The van der Waals surface area contributed by atoms with Gasteiger partial charge in [0.1, 0.15) is 5.75 Å². The number of rotatable bonds is 4. The van der Waals surface area contributed by atoms with Gasteiger partial charge in [-0.1, -0.05) is 61.0 Å². The van der Waals surface area contributed by atoms with Crippen LogP contribution in [0.25, 0.3) is 6.08 Å². The number of fused-ring (bicyclic) bond motifs is 2. The first-order valence-electron chi connectivity index (χ1n) is 9.50. The lowest BCUT2D eigenvalue weighted by Gasteiger charge is -2.50. The van der Waals surface area contributed by atoms with Gasteiger partial charge in [0.05, 0.1) is 0 Å². The molecule has 0 amide bonds. The topological polar surface area (TPSA) is 23.5 Å². The van der Waals surface area contributed by atoms with Crippen LogP contribution in [0.1, 0.15) is 43.2 Å². The SMILES string of the molecule is Cl.Oc1cccc([C@@]23CCC[C@@H](C2)N(C/C=C\c2ccccc2)CC3)c1. The molecule has 2 aromatic carbocycles.